The highest BCUT2D eigenvalue weighted by Crippen LogP contribution is 2.27. The molecule has 4 heteroatoms. The lowest BCUT2D eigenvalue weighted by molar-refractivity contribution is -0.136. The second kappa shape index (κ2) is 5.61. The van der Waals surface area contributed by atoms with Crippen LogP contribution in [0.2, 0.25) is 0 Å². The van der Waals surface area contributed by atoms with E-state index >= 15 is 0 Å². The van der Waals surface area contributed by atoms with Crippen LogP contribution in [-0.4, -0.2) is 23.7 Å². The molecule has 1 rings (SSSR count). The Kier molecular flexibility index (Phi) is 4.58. The standard InChI is InChI=1S/C15H23NO3/c1-9-7-13(19-6)11(3)10(2)12(9)8-16-14(17)15(4,5)18/h7,18H,8H2,1-6H3,(H,16,17). The van der Waals surface area contributed by atoms with E-state index in [0.717, 1.165) is 28.0 Å². The van der Waals surface area contributed by atoms with Crippen LogP contribution in [0.3, 0.4) is 0 Å². The van der Waals surface area contributed by atoms with Crippen molar-refractivity contribution in [2.75, 3.05) is 7.11 Å². The molecular formula is C15H23NO3. The maximum absolute atomic E-state index is 11.7. The summed E-state index contributed by atoms with van der Waals surface area (Å²) >= 11 is 0. The summed E-state index contributed by atoms with van der Waals surface area (Å²) in [7, 11) is 1.65. The molecule has 1 amide bonds. The van der Waals surface area contributed by atoms with Crippen molar-refractivity contribution < 1.29 is 14.6 Å². The molecule has 0 aliphatic heterocycles. The normalized spacial score (nSPS) is 11.3. The minimum atomic E-state index is -1.36. The molecule has 106 valence electrons. The minimum Gasteiger partial charge on any atom is -0.496 e. The first-order chi connectivity index (χ1) is 8.68. The number of carbonyl (C=O) groups excluding carboxylic acids is 1. The van der Waals surface area contributed by atoms with Crippen LogP contribution >= 0.6 is 0 Å². The zero-order chi connectivity index (χ0) is 14.8. The summed E-state index contributed by atoms with van der Waals surface area (Å²) in [5.74, 6) is 0.479. The lowest BCUT2D eigenvalue weighted by Gasteiger charge is -2.20. The van der Waals surface area contributed by atoms with Gasteiger partial charge in [0.05, 0.1) is 7.11 Å². The van der Waals surface area contributed by atoms with Gasteiger partial charge in [-0.15, -0.1) is 0 Å². The number of hydrogen-bond acceptors (Lipinski definition) is 3. The monoisotopic (exact) mass is 265 g/mol. The molecule has 19 heavy (non-hydrogen) atoms. The van der Waals surface area contributed by atoms with Crippen LogP contribution in [0.1, 0.15) is 36.1 Å². The molecule has 0 aromatic heterocycles. The average molecular weight is 265 g/mol. The van der Waals surface area contributed by atoms with Crippen molar-refractivity contribution >= 4 is 5.91 Å². The summed E-state index contributed by atoms with van der Waals surface area (Å²) in [5.41, 5.74) is 2.95. The minimum absolute atomic E-state index is 0.375. The predicted octanol–water partition coefficient (Wildman–Crippen LogP) is 2.01. The third-order valence-corrected chi connectivity index (χ3v) is 3.41. The number of benzene rings is 1. The van der Waals surface area contributed by atoms with E-state index in [1.165, 1.54) is 13.8 Å². The van der Waals surface area contributed by atoms with Gasteiger partial charge in [-0.05, 0) is 62.9 Å². The molecule has 2 N–H and O–H groups in total. The zero-order valence-electron chi connectivity index (χ0n) is 12.5. The second-order valence-corrected chi connectivity index (χ2v) is 5.37. The van der Waals surface area contributed by atoms with E-state index in [-0.39, 0.29) is 5.91 Å². The molecule has 4 nitrogen and oxygen atoms in total. The highest BCUT2D eigenvalue weighted by molar-refractivity contribution is 5.83. The highest BCUT2D eigenvalue weighted by atomic mass is 16.5. The molecule has 0 atom stereocenters. The Morgan fingerprint density at radius 1 is 1.32 bits per heavy atom. The summed E-state index contributed by atoms with van der Waals surface area (Å²) in [6, 6.07) is 1.97. The van der Waals surface area contributed by atoms with Crippen LogP contribution in [-0.2, 0) is 11.3 Å². The number of nitrogens with one attached hydrogen (secondary N) is 1. The summed E-state index contributed by atoms with van der Waals surface area (Å²) < 4.78 is 5.31. The molecule has 1 aromatic carbocycles. The lowest BCUT2D eigenvalue weighted by Crippen LogP contribution is -2.41. The molecule has 0 saturated heterocycles. The van der Waals surface area contributed by atoms with E-state index < -0.39 is 5.60 Å². The Balaban J connectivity index is 2.97. The maximum atomic E-state index is 11.7. The van der Waals surface area contributed by atoms with E-state index in [4.69, 9.17) is 4.74 Å². The number of aliphatic hydroxyl groups is 1. The van der Waals surface area contributed by atoms with Crippen molar-refractivity contribution in [1.82, 2.24) is 5.32 Å². The Morgan fingerprint density at radius 3 is 2.37 bits per heavy atom. The Morgan fingerprint density at radius 2 is 1.89 bits per heavy atom. The molecule has 0 unspecified atom stereocenters. The largest absolute Gasteiger partial charge is 0.496 e. The molecule has 0 aliphatic carbocycles. The van der Waals surface area contributed by atoms with Crippen molar-refractivity contribution in [2.24, 2.45) is 0 Å². The number of carbonyl (C=O) groups is 1. The number of hydrogen-bond donors (Lipinski definition) is 2. The molecule has 0 heterocycles. The number of ether oxygens (including phenoxy) is 1. The van der Waals surface area contributed by atoms with Crippen molar-refractivity contribution in [3.8, 4) is 5.75 Å². The summed E-state index contributed by atoms with van der Waals surface area (Å²) in [4.78, 5) is 11.7. The Bertz CT molecular complexity index is 487. The first kappa shape index (κ1) is 15.5. The van der Waals surface area contributed by atoms with E-state index in [0.29, 0.717) is 6.54 Å². The topological polar surface area (TPSA) is 58.6 Å². The van der Waals surface area contributed by atoms with Gasteiger partial charge in [0.15, 0.2) is 0 Å². The molecule has 0 bridgehead atoms. The van der Waals surface area contributed by atoms with Gasteiger partial charge in [-0.25, -0.2) is 0 Å². The fourth-order valence-corrected chi connectivity index (χ4v) is 1.97. The van der Waals surface area contributed by atoms with Crippen LogP contribution in [0.5, 0.6) is 5.75 Å². The van der Waals surface area contributed by atoms with Crippen molar-refractivity contribution in [3.63, 3.8) is 0 Å². The van der Waals surface area contributed by atoms with Gasteiger partial charge in [0, 0.05) is 6.54 Å². The molecule has 0 fully saturated rings. The molecular weight excluding hydrogens is 242 g/mol. The first-order valence-electron chi connectivity index (χ1n) is 6.32. The Hall–Kier alpha value is -1.55. The van der Waals surface area contributed by atoms with E-state index in [2.05, 4.69) is 5.32 Å². The van der Waals surface area contributed by atoms with Gasteiger partial charge < -0.3 is 15.2 Å². The number of rotatable bonds is 4. The quantitative estimate of drug-likeness (QED) is 0.875. The zero-order valence-corrected chi connectivity index (χ0v) is 12.5. The van der Waals surface area contributed by atoms with Gasteiger partial charge in [0.2, 0.25) is 0 Å². The first-order valence-corrected chi connectivity index (χ1v) is 6.32. The highest BCUT2D eigenvalue weighted by Gasteiger charge is 2.23. The van der Waals surface area contributed by atoms with Crippen LogP contribution in [0.4, 0.5) is 0 Å². The Labute approximate surface area is 114 Å². The van der Waals surface area contributed by atoms with Crippen LogP contribution in [0, 0.1) is 20.8 Å². The van der Waals surface area contributed by atoms with E-state index in [9.17, 15) is 9.90 Å². The van der Waals surface area contributed by atoms with Crippen LogP contribution < -0.4 is 10.1 Å². The third kappa shape index (κ3) is 3.47. The lowest BCUT2D eigenvalue weighted by atomic mass is 9.97. The van der Waals surface area contributed by atoms with E-state index in [1.54, 1.807) is 7.11 Å². The smallest absolute Gasteiger partial charge is 0.251 e. The van der Waals surface area contributed by atoms with Gasteiger partial charge in [0.1, 0.15) is 11.4 Å². The summed E-state index contributed by atoms with van der Waals surface area (Å²) in [6.07, 6.45) is 0. The fraction of sp³-hybridized carbons (Fsp3) is 0.533. The fourth-order valence-electron chi connectivity index (χ4n) is 1.97. The number of aryl methyl sites for hydroxylation is 1. The van der Waals surface area contributed by atoms with Crippen molar-refractivity contribution in [3.05, 3.63) is 28.3 Å². The van der Waals surface area contributed by atoms with E-state index in [1.807, 2.05) is 26.8 Å². The predicted molar refractivity (Wildman–Crippen MR) is 75.3 cm³/mol. The van der Waals surface area contributed by atoms with Gasteiger partial charge in [-0.3, -0.25) is 4.79 Å². The van der Waals surface area contributed by atoms with Gasteiger partial charge >= 0.3 is 0 Å². The van der Waals surface area contributed by atoms with Crippen molar-refractivity contribution in [2.45, 2.75) is 46.8 Å². The molecule has 0 aliphatic rings. The summed E-state index contributed by atoms with van der Waals surface area (Å²) in [5, 5.41) is 12.4. The third-order valence-electron chi connectivity index (χ3n) is 3.41. The van der Waals surface area contributed by atoms with Crippen LogP contribution in [0.25, 0.3) is 0 Å². The second-order valence-electron chi connectivity index (χ2n) is 5.37. The molecule has 1 aromatic rings. The number of amides is 1. The number of methoxy groups -OCH3 is 1. The summed E-state index contributed by atoms with van der Waals surface area (Å²) in [6.45, 7) is 9.35. The van der Waals surface area contributed by atoms with Gasteiger partial charge in [-0.2, -0.15) is 0 Å². The maximum Gasteiger partial charge on any atom is 0.251 e. The molecule has 0 spiro atoms. The van der Waals surface area contributed by atoms with Crippen LogP contribution in [0.15, 0.2) is 6.07 Å². The SMILES string of the molecule is COc1cc(C)c(CNC(=O)C(C)(C)O)c(C)c1C. The molecule has 0 saturated carbocycles. The van der Waals surface area contributed by atoms with Gasteiger partial charge in [0.25, 0.3) is 5.91 Å². The molecule has 0 radical (unpaired) electrons. The van der Waals surface area contributed by atoms with Crippen molar-refractivity contribution in [1.29, 1.82) is 0 Å². The average Bonchev–Trinajstić information content (AvgIpc) is 2.32. The van der Waals surface area contributed by atoms with Gasteiger partial charge in [-0.1, -0.05) is 0 Å².